The third-order valence-electron chi connectivity index (χ3n) is 19.7. The molecule has 0 amide bonds. The minimum Gasteiger partial charge on any atom is -0.394 e. The SMILES string of the molecule is [C-]#[N+]/C(C#N)=C1/c2ccccc2-c2cc3c(cc21)-c1ccccc1/C3=C(/C#N)[N+]#[C-].[C-]#[N+]C(C#N)=c1c(F)c(F)c(=C(C#N)[N+]#[C-])c(F)c1F.[C-]#[N+]C(C#N)=c1ccc(=C(C#N)[N+]#[C-])cc1.[C-]#[N+]C1=NC2=NC(C#N)=NC3=NC(C#N)=NC(=N1)N32.[C-]#[N+]c1nc(C#N)c2c3nc(C#N)nc(C#N)c3c3nc(C#N)nc([N+]#[C-])c3c2n1.[C-]#[N+]c1nc2c(nc1C#N)c1nc(C#N)c(C#N)nc1c1nc(C#N)c([N+]#[C-])nc12. The Bertz CT molecular complexity index is 9180. The third-order valence-corrected chi connectivity index (χ3v) is 19.7. The van der Waals surface area contributed by atoms with Crippen molar-refractivity contribution in [3.05, 3.63) is 334 Å². The lowest BCUT2D eigenvalue weighted by Gasteiger charge is -2.24. The van der Waals surface area contributed by atoms with Gasteiger partial charge in [-0.05, 0) is 67.1 Å². The van der Waals surface area contributed by atoms with Crippen LogP contribution >= 0.6 is 0 Å². The molecule has 0 fully saturated rings. The van der Waals surface area contributed by atoms with Gasteiger partial charge >= 0.3 is 41.3 Å². The van der Waals surface area contributed by atoms with Gasteiger partial charge in [-0.3, -0.25) is 0 Å². The number of guanidine groups is 4. The lowest BCUT2D eigenvalue weighted by atomic mass is 9.95. The highest BCUT2D eigenvalue weighted by atomic mass is 19.2. The van der Waals surface area contributed by atoms with Gasteiger partial charge in [-0.1, -0.05) is 97.5 Å². The van der Waals surface area contributed by atoms with E-state index in [1.807, 2.05) is 84.9 Å². The van der Waals surface area contributed by atoms with Crippen LogP contribution in [0.1, 0.15) is 68.1 Å². The molecular formula is C95H14F4N46. The van der Waals surface area contributed by atoms with Gasteiger partial charge in [0, 0.05) is 11.1 Å². The number of aliphatic imine (C=N–C) groups is 6. The Kier molecular flexibility index (Phi) is 27.0. The lowest BCUT2D eigenvalue weighted by Crippen LogP contribution is -2.47. The van der Waals surface area contributed by atoms with Gasteiger partial charge in [-0.2, -0.15) is 82.5 Å². The van der Waals surface area contributed by atoms with Crippen LogP contribution in [0.4, 0.5) is 41.0 Å². The van der Waals surface area contributed by atoms with Crippen LogP contribution in [0, 0.1) is 277 Å². The summed E-state index contributed by atoms with van der Waals surface area (Å²) in [6, 6.07) is 53.1. The highest BCUT2D eigenvalue weighted by Crippen LogP contribution is 2.54. The van der Waals surface area contributed by atoms with Gasteiger partial charge in [-0.25, -0.2) is 108 Å². The predicted molar refractivity (Wildman–Crippen MR) is 486 cm³/mol. The molecule has 145 heavy (non-hydrogen) atoms. The molecule has 0 saturated heterocycles. The zero-order chi connectivity index (χ0) is 104. The van der Waals surface area contributed by atoms with Crippen LogP contribution in [-0.2, 0) is 0 Å². The zero-order valence-corrected chi connectivity index (χ0v) is 70.7. The molecule has 0 N–H and O–H groups in total. The van der Waals surface area contributed by atoms with Gasteiger partial charge in [0.25, 0.3) is 40.0 Å². The fraction of sp³-hybridized carbons (Fsp3) is 0. The number of fused-ring (bicyclic) bond motifs is 18. The second-order valence-electron chi connectivity index (χ2n) is 26.9. The van der Waals surface area contributed by atoms with Crippen molar-refractivity contribution >= 4 is 159 Å². The van der Waals surface area contributed by atoms with Crippen molar-refractivity contribution < 1.29 is 17.6 Å². The van der Waals surface area contributed by atoms with E-state index in [0.29, 0.717) is 21.6 Å². The van der Waals surface area contributed by atoms with Crippen LogP contribution in [0.2, 0.25) is 0 Å². The fourth-order valence-electron chi connectivity index (χ4n) is 13.9. The minimum atomic E-state index is -2.01. The Balaban J connectivity index is 0.000000148. The summed E-state index contributed by atoms with van der Waals surface area (Å²) < 4.78 is 54.6. The first-order valence-electron chi connectivity index (χ1n) is 38.1. The van der Waals surface area contributed by atoms with Crippen molar-refractivity contribution in [1.82, 2.24) is 64.7 Å². The first kappa shape index (κ1) is 95.9. The van der Waals surface area contributed by atoms with Crippen molar-refractivity contribution in [3.63, 3.8) is 0 Å². The number of hydrogen-bond acceptors (Lipinski definition) is 35. The molecule has 2 aliphatic carbocycles. The summed E-state index contributed by atoms with van der Waals surface area (Å²) >= 11 is 0. The topological polar surface area (TPSA) is 661 Å². The lowest BCUT2D eigenvalue weighted by molar-refractivity contribution is 0.434. The van der Waals surface area contributed by atoms with E-state index in [4.69, 9.17) is 104 Å². The van der Waals surface area contributed by atoms with Crippen LogP contribution in [-0.4, -0.2) is 100 Å². The maximum Gasteiger partial charge on any atom is 0.378 e. The molecule has 7 aromatic carbocycles. The summed E-state index contributed by atoms with van der Waals surface area (Å²) in [6.45, 7) is 77.6. The van der Waals surface area contributed by atoms with Crippen LogP contribution in [0.25, 0.3) is 175 Å². The molecule has 9 heterocycles. The van der Waals surface area contributed by atoms with Crippen molar-refractivity contribution in [3.8, 4) is 119 Å². The minimum absolute atomic E-state index is 0.00660. The first-order valence-corrected chi connectivity index (χ1v) is 38.1. The van der Waals surface area contributed by atoms with E-state index in [1.165, 1.54) is 4.90 Å². The van der Waals surface area contributed by atoms with E-state index in [1.54, 1.807) is 85.0 Å². The van der Waals surface area contributed by atoms with Gasteiger partial charge in [-0.15, -0.1) is 43.1 Å². The van der Waals surface area contributed by atoms with Crippen LogP contribution in [0.15, 0.2) is 126 Å². The molecular weight excluding hydrogens is 1860 g/mol. The molecule has 0 atom stereocenters. The molecule has 0 bridgehead atoms. The van der Waals surface area contributed by atoms with E-state index in [0.717, 1.165) is 56.6 Å². The Hall–Kier alpha value is -26.7. The molecule has 0 spiro atoms. The predicted octanol–water partition coefficient (Wildman–Crippen LogP) is 11.9. The molecule has 3 aliphatic heterocycles. The van der Waals surface area contributed by atoms with E-state index in [2.05, 4.69) is 143 Å². The zero-order valence-electron chi connectivity index (χ0n) is 70.7. The largest absolute Gasteiger partial charge is 0.394 e. The molecule has 46 nitrogen and oxygen atoms in total. The number of nitriles is 16. The van der Waals surface area contributed by atoms with Crippen LogP contribution < -0.4 is 20.9 Å². The first-order chi connectivity index (χ1) is 70.4. The molecule has 6 aromatic heterocycles. The van der Waals surface area contributed by atoms with Crippen LogP contribution in [0.3, 0.4) is 0 Å². The van der Waals surface area contributed by atoms with E-state index in [9.17, 15) is 70.2 Å². The van der Waals surface area contributed by atoms with E-state index >= 15 is 0 Å². The highest BCUT2D eigenvalue weighted by Gasteiger charge is 2.40. The standard InChI is InChI=1S/C26H10N4.2C18N12.C12F4N4.C12H4N4.C9N10/c1-29-23(13-27)25-17-9-5-3-7-15(17)19-12-22-20(11-21(19)25)16-8-4-6-10-18(16)26(22)24(14-28)30-2;1-23-17-13-15(28-10(6-22)29-17)11-7(3-19)25-9(5-21)27-14(11)12-8(4-20)26-18(24-2)30-16(12)13;1-23-17-9(5-21)27-13-11-12(26-8(4-20)7(3-19)25-11)14-16(15(13)29-17)30-18(24-2)10(6-22)28-14;1-19-5(3-17)7-9(13)11(15)8(6(4-18)20-2)12(16)10(7)14;1-15-11(7-13)9-3-5-10(6-4-9)12(8-14)16-2;1-12-6-17-8-15-4(2-10)13-7-14-5(3-11)16-9(18-6)19(7)8/h3-12H;;;;3-6H;/b25-23-,26-24+;;;;;. The Morgan fingerprint density at radius 2 is 0.600 bits per heavy atom. The average molecular weight is 1880 g/mol. The average Bonchev–Trinajstić information content (AvgIpc) is 1.66. The monoisotopic (exact) mass is 1870 g/mol. The summed E-state index contributed by atoms with van der Waals surface area (Å²) in [5.41, 5.74) is 4.29. The molecule has 652 valence electrons. The summed E-state index contributed by atoms with van der Waals surface area (Å²) in [6.07, 6.45) is 0. The van der Waals surface area contributed by atoms with Gasteiger partial charge < -0.3 is 24.2 Å². The number of allylic oxidation sites excluding steroid dienone is 2. The summed E-state index contributed by atoms with van der Waals surface area (Å²) in [7, 11) is 0. The molecule has 0 saturated carbocycles. The van der Waals surface area contributed by atoms with Crippen LogP contribution in [0.5, 0.6) is 0 Å². The number of halogens is 4. The maximum absolute atomic E-state index is 13.6. The van der Waals surface area contributed by atoms with Gasteiger partial charge in [0.05, 0.1) is 113 Å². The molecule has 0 radical (unpaired) electrons. The Labute approximate surface area is 804 Å². The van der Waals surface area contributed by atoms with E-state index < -0.39 is 45.1 Å². The number of amidine groups is 2. The van der Waals surface area contributed by atoms with Crippen molar-refractivity contribution in [2.45, 2.75) is 0 Å². The summed E-state index contributed by atoms with van der Waals surface area (Å²) in [5, 5.41) is 144. The summed E-state index contributed by atoms with van der Waals surface area (Å²) in [5.74, 6) is -10.4. The number of nitrogens with zero attached hydrogens (tertiary/aromatic N) is 46. The molecule has 13 aromatic rings. The van der Waals surface area contributed by atoms with Gasteiger partial charge in [0.2, 0.25) is 40.2 Å². The van der Waals surface area contributed by atoms with Crippen molar-refractivity contribution in [2.75, 3.05) is 0 Å². The van der Waals surface area contributed by atoms with Crippen molar-refractivity contribution in [1.29, 1.82) is 84.2 Å². The second kappa shape index (κ2) is 40.8. The fourth-order valence-corrected chi connectivity index (χ4v) is 13.9. The third kappa shape index (κ3) is 17.0. The second-order valence-corrected chi connectivity index (χ2v) is 26.9. The normalized spacial score (nSPS) is 11.8. The number of benzene rings is 7. The van der Waals surface area contributed by atoms with Gasteiger partial charge in [0.15, 0.2) is 57.8 Å². The Morgan fingerprint density at radius 1 is 0.262 bits per heavy atom. The number of hydrogen-bond donors (Lipinski definition) is 0. The molecule has 0 unspecified atom stereocenters. The molecule has 50 heteroatoms. The molecule has 18 rings (SSSR count). The maximum atomic E-state index is 13.6. The smallest absolute Gasteiger partial charge is 0.378 e. The number of aromatic nitrogens is 12. The number of rotatable bonds is 0. The van der Waals surface area contributed by atoms with E-state index in [-0.39, 0.29) is 193 Å². The quantitative estimate of drug-likeness (QED) is 0.0447. The Morgan fingerprint density at radius 3 is 0.945 bits per heavy atom. The highest BCUT2D eigenvalue weighted by molar-refractivity contribution is 6.33. The summed E-state index contributed by atoms with van der Waals surface area (Å²) in [4.78, 5) is 107. The van der Waals surface area contributed by atoms with Gasteiger partial charge in [0.1, 0.15) is 82.2 Å². The van der Waals surface area contributed by atoms with Crippen molar-refractivity contribution in [2.24, 2.45) is 30.0 Å². The molecule has 5 aliphatic rings.